The minimum atomic E-state index is -4.38. The molecule has 1 aliphatic heterocycles. The third kappa shape index (κ3) is 5.35. The van der Waals surface area contributed by atoms with Crippen molar-refractivity contribution >= 4 is 11.0 Å². The predicted octanol–water partition coefficient (Wildman–Crippen LogP) is 3.76. The van der Waals surface area contributed by atoms with E-state index in [4.69, 9.17) is 9.26 Å². The predicted molar refractivity (Wildman–Crippen MR) is 96.9 cm³/mol. The summed E-state index contributed by atoms with van der Waals surface area (Å²) in [4.78, 5) is 1.87. The molecule has 0 bridgehead atoms. The summed E-state index contributed by atoms with van der Waals surface area (Å²) < 4.78 is 48.2. The molecule has 1 aliphatic rings. The molecule has 0 amide bonds. The van der Waals surface area contributed by atoms with Crippen molar-refractivity contribution in [2.45, 2.75) is 38.4 Å². The summed E-state index contributed by atoms with van der Waals surface area (Å²) in [5, 5.41) is 8.43. The van der Waals surface area contributed by atoms with Crippen molar-refractivity contribution in [3.05, 3.63) is 23.4 Å². The summed E-state index contributed by atoms with van der Waals surface area (Å²) in [6, 6.07) is 3.35. The van der Waals surface area contributed by atoms with Crippen LogP contribution in [0.25, 0.3) is 11.0 Å². The highest BCUT2D eigenvalue weighted by molar-refractivity contribution is 5.84. The summed E-state index contributed by atoms with van der Waals surface area (Å²) in [5.41, 5.74) is 1.98. The quantitative estimate of drug-likeness (QED) is 0.787. The number of benzene rings is 1. The van der Waals surface area contributed by atoms with Crippen LogP contribution in [0, 0.1) is 5.92 Å². The summed E-state index contributed by atoms with van der Waals surface area (Å²) in [6.07, 6.45) is -0.208. The number of aromatic nitrogens is 1. The van der Waals surface area contributed by atoms with Gasteiger partial charge in [-0.15, -0.1) is 0 Å². The van der Waals surface area contributed by atoms with Crippen LogP contribution in [0.1, 0.15) is 30.5 Å². The van der Waals surface area contributed by atoms with Gasteiger partial charge >= 0.3 is 6.18 Å². The van der Waals surface area contributed by atoms with Crippen LogP contribution in [0.15, 0.2) is 16.7 Å². The highest BCUT2D eigenvalue weighted by Gasteiger charge is 2.29. The highest BCUT2D eigenvalue weighted by Crippen LogP contribution is 2.33. The van der Waals surface area contributed by atoms with Crippen LogP contribution in [0.4, 0.5) is 13.2 Å². The maximum Gasteiger partial charge on any atom is 0.422 e. The number of hydrogen-bond donors (Lipinski definition) is 1. The average molecular weight is 385 g/mol. The van der Waals surface area contributed by atoms with Crippen molar-refractivity contribution < 1.29 is 22.4 Å². The van der Waals surface area contributed by atoms with Gasteiger partial charge in [0.15, 0.2) is 12.2 Å². The first-order chi connectivity index (χ1) is 12.8. The normalized spacial score (nSPS) is 16.4. The number of rotatable bonds is 7. The Hall–Kier alpha value is -1.80. The monoisotopic (exact) mass is 385 g/mol. The van der Waals surface area contributed by atoms with Crippen LogP contribution in [0.2, 0.25) is 0 Å². The van der Waals surface area contributed by atoms with Crippen LogP contribution in [-0.2, 0) is 13.0 Å². The Morgan fingerprint density at radius 3 is 2.67 bits per heavy atom. The highest BCUT2D eigenvalue weighted by atomic mass is 19.4. The standard InChI is InChI=1S/C19H26F3N3O2/c1-25(2)11-15-17(26-12-19(20,21)22)6-4-14-16(24-27-18(14)15)5-3-13-7-9-23-10-8-13/h4,6,13,23H,3,5,7-12H2,1-2H3. The molecule has 1 saturated heterocycles. The fourth-order valence-electron chi connectivity index (χ4n) is 3.54. The zero-order valence-electron chi connectivity index (χ0n) is 15.7. The number of nitrogens with zero attached hydrogens (tertiary/aromatic N) is 2. The van der Waals surface area contributed by atoms with Gasteiger partial charge in [0.25, 0.3) is 0 Å². The van der Waals surface area contributed by atoms with Crippen molar-refractivity contribution in [3.63, 3.8) is 0 Å². The average Bonchev–Trinajstić information content (AvgIpc) is 3.02. The van der Waals surface area contributed by atoms with E-state index in [9.17, 15) is 13.2 Å². The Labute approximate surface area is 156 Å². The van der Waals surface area contributed by atoms with Crippen molar-refractivity contribution in [1.82, 2.24) is 15.4 Å². The SMILES string of the molecule is CN(C)Cc1c(OCC(F)(F)F)ccc2c(CCC3CCNCC3)noc12. The summed E-state index contributed by atoms with van der Waals surface area (Å²) in [5.74, 6) is 0.864. The number of fused-ring (bicyclic) bond motifs is 1. The lowest BCUT2D eigenvalue weighted by Gasteiger charge is -2.21. The molecule has 27 heavy (non-hydrogen) atoms. The molecule has 1 fully saturated rings. The minimum absolute atomic E-state index is 0.189. The minimum Gasteiger partial charge on any atom is -0.484 e. The Morgan fingerprint density at radius 1 is 1.26 bits per heavy atom. The molecule has 1 aromatic carbocycles. The summed E-state index contributed by atoms with van der Waals surface area (Å²) in [7, 11) is 3.70. The van der Waals surface area contributed by atoms with Gasteiger partial charge in [-0.25, -0.2) is 0 Å². The topological polar surface area (TPSA) is 50.5 Å². The Morgan fingerprint density at radius 2 is 2.00 bits per heavy atom. The molecule has 2 heterocycles. The lowest BCUT2D eigenvalue weighted by Crippen LogP contribution is -2.27. The fourth-order valence-corrected chi connectivity index (χ4v) is 3.54. The van der Waals surface area contributed by atoms with E-state index in [0.717, 1.165) is 49.9 Å². The maximum atomic E-state index is 12.6. The molecule has 0 aliphatic carbocycles. The Bertz CT molecular complexity index is 752. The van der Waals surface area contributed by atoms with E-state index in [1.807, 2.05) is 19.0 Å². The molecule has 1 N–H and O–H groups in total. The second kappa shape index (κ2) is 8.48. The van der Waals surface area contributed by atoms with Crippen molar-refractivity contribution in [1.29, 1.82) is 0 Å². The molecular weight excluding hydrogens is 359 g/mol. The van der Waals surface area contributed by atoms with E-state index in [2.05, 4.69) is 10.5 Å². The number of halogens is 3. The molecule has 8 heteroatoms. The van der Waals surface area contributed by atoms with Crippen LogP contribution >= 0.6 is 0 Å². The molecule has 0 radical (unpaired) electrons. The molecule has 1 aromatic heterocycles. The van der Waals surface area contributed by atoms with Crippen molar-refractivity contribution in [2.75, 3.05) is 33.8 Å². The first-order valence-electron chi connectivity index (χ1n) is 9.28. The van der Waals surface area contributed by atoms with Gasteiger partial charge in [-0.2, -0.15) is 13.2 Å². The van der Waals surface area contributed by atoms with Gasteiger partial charge in [0.2, 0.25) is 0 Å². The molecule has 0 unspecified atom stereocenters. The molecule has 0 atom stereocenters. The van der Waals surface area contributed by atoms with Gasteiger partial charge in [-0.1, -0.05) is 5.16 Å². The van der Waals surface area contributed by atoms with Crippen LogP contribution in [0.3, 0.4) is 0 Å². The number of hydrogen-bond acceptors (Lipinski definition) is 5. The molecule has 150 valence electrons. The van der Waals surface area contributed by atoms with Gasteiger partial charge in [0, 0.05) is 11.9 Å². The number of ether oxygens (including phenoxy) is 1. The van der Waals surface area contributed by atoms with E-state index < -0.39 is 12.8 Å². The zero-order chi connectivity index (χ0) is 19.4. The number of piperidine rings is 1. The molecule has 5 nitrogen and oxygen atoms in total. The van der Waals surface area contributed by atoms with Crippen molar-refractivity contribution in [2.24, 2.45) is 5.92 Å². The van der Waals surface area contributed by atoms with E-state index in [-0.39, 0.29) is 5.75 Å². The lowest BCUT2D eigenvalue weighted by atomic mass is 9.92. The number of nitrogens with one attached hydrogen (secondary N) is 1. The van der Waals surface area contributed by atoms with Gasteiger partial charge in [-0.3, -0.25) is 0 Å². The summed E-state index contributed by atoms with van der Waals surface area (Å²) >= 11 is 0. The Balaban J connectivity index is 1.81. The van der Waals surface area contributed by atoms with Crippen molar-refractivity contribution in [3.8, 4) is 5.75 Å². The zero-order valence-corrected chi connectivity index (χ0v) is 15.7. The van der Waals surface area contributed by atoms with E-state index in [1.165, 1.54) is 0 Å². The Kier molecular flexibility index (Phi) is 6.26. The first kappa shape index (κ1) is 19.9. The van der Waals surface area contributed by atoms with E-state index in [1.54, 1.807) is 12.1 Å². The number of alkyl halides is 3. The molecular formula is C19H26F3N3O2. The smallest absolute Gasteiger partial charge is 0.422 e. The molecule has 0 saturated carbocycles. The van der Waals surface area contributed by atoms with Crippen LogP contribution in [-0.4, -0.2) is 50.0 Å². The third-order valence-corrected chi connectivity index (χ3v) is 4.89. The van der Waals surface area contributed by atoms with Gasteiger partial charge in [0.05, 0.1) is 11.3 Å². The molecule has 2 aromatic rings. The fraction of sp³-hybridized carbons (Fsp3) is 0.632. The maximum absolute atomic E-state index is 12.6. The number of aryl methyl sites for hydroxylation is 1. The second-order valence-electron chi connectivity index (χ2n) is 7.42. The van der Waals surface area contributed by atoms with E-state index in [0.29, 0.717) is 23.6 Å². The second-order valence-corrected chi connectivity index (χ2v) is 7.42. The van der Waals surface area contributed by atoms with Gasteiger partial charge in [0.1, 0.15) is 5.75 Å². The first-order valence-corrected chi connectivity index (χ1v) is 9.28. The van der Waals surface area contributed by atoms with Crippen LogP contribution in [0.5, 0.6) is 5.75 Å². The summed E-state index contributed by atoms with van der Waals surface area (Å²) in [6.45, 7) is 1.19. The molecule has 3 rings (SSSR count). The third-order valence-electron chi connectivity index (χ3n) is 4.89. The van der Waals surface area contributed by atoms with Gasteiger partial charge < -0.3 is 19.5 Å². The lowest BCUT2D eigenvalue weighted by molar-refractivity contribution is -0.153. The van der Waals surface area contributed by atoms with Crippen LogP contribution < -0.4 is 10.1 Å². The van der Waals surface area contributed by atoms with E-state index >= 15 is 0 Å². The van der Waals surface area contributed by atoms with Gasteiger partial charge in [-0.05, 0) is 70.9 Å². The molecule has 0 spiro atoms. The largest absolute Gasteiger partial charge is 0.484 e.